The van der Waals surface area contributed by atoms with Crippen LogP contribution < -0.4 is 10.6 Å². The molecule has 1 aliphatic rings. The Balaban J connectivity index is 1.61. The van der Waals surface area contributed by atoms with Crippen LogP contribution in [0.1, 0.15) is 39.5 Å². The molecule has 9 heteroatoms. The summed E-state index contributed by atoms with van der Waals surface area (Å²) < 4.78 is 39.5. The summed E-state index contributed by atoms with van der Waals surface area (Å²) in [6.45, 7) is 0. The van der Waals surface area contributed by atoms with E-state index >= 15 is 0 Å². The number of carbonyl (C=O) groups excluding carboxylic acids is 2. The molecule has 3 aromatic rings. The second-order valence-corrected chi connectivity index (χ2v) is 6.52. The molecular formula is C19H15F3N4O2. The number of fused-ring (bicyclic) bond motifs is 1. The Morgan fingerprint density at radius 1 is 1.04 bits per heavy atom. The maximum atomic E-state index is 12.7. The van der Waals surface area contributed by atoms with Crippen molar-refractivity contribution < 1.29 is 22.8 Å². The second kappa shape index (κ2) is 6.66. The van der Waals surface area contributed by atoms with Gasteiger partial charge in [0, 0.05) is 17.9 Å². The van der Waals surface area contributed by atoms with Gasteiger partial charge in [-0.3, -0.25) is 14.0 Å². The Hall–Kier alpha value is -3.36. The fourth-order valence-corrected chi connectivity index (χ4v) is 2.78. The topological polar surface area (TPSA) is 75.5 Å². The molecule has 0 unspecified atom stereocenters. The molecular weight excluding hydrogens is 373 g/mol. The van der Waals surface area contributed by atoms with Crippen molar-refractivity contribution in [3.63, 3.8) is 0 Å². The molecule has 2 N–H and O–H groups in total. The van der Waals surface area contributed by atoms with E-state index in [-0.39, 0.29) is 29.2 Å². The Morgan fingerprint density at radius 3 is 2.39 bits per heavy atom. The summed E-state index contributed by atoms with van der Waals surface area (Å²) in [7, 11) is 0. The van der Waals surface area contributed by atoms with E-state index in [1.54, 1.807) is 24.4 Å². The third-order valence-electron chi connectivity index (χ3n) is 4.35. The normalized spacial score (nSPS) is 14.1. The van der Waals surface area contributed by atoms with E-state index in [2.05, 4.69) is 15.6 Å². The number of alkyl halides is 3. The van der Waals surface area contributed by atoms with Crippen molar-refractivity contribution in [2.45, 2.75) is 25.1 Å². The highest BCUT2D eigenvalue weighted by Crippen LogP contribution is 2.30. The van der Waals surface area contributed by atoms with Crippen LogP contribution in [-0.4, -0.2) is 27.2 Å². The molecule has 0 aliphatic heterocycles. The highest BCUT2D eigenvalue weighted by molar-refractivity contribution is 6.09. The predicted molar refractivity (Wildman–Crippen MR) is 95.1 cm³/mol. The van der Waals surface area contributed by atoms with E-state index in [0.29, 0.717) is 5.52 Å². The van der Waals surface area contributed by atoms with Crippen LogP contribution in [0.4, 0.5) is 18.9 Å². The molecule has 1 saturated carbocycles. The van der Waals surface area contributed by atoms with Crippen LogP contribution in [0.25, 0.3) is 5.52 Å². The van der Waals surface area contributed by atoms with Crippen LogP contribution in [0.5, 0.6) is 0 Å². The van der Waals surface area contributed by atoms with Gasteiger partial charge in [0.05, 0.1) is 11.1 Å². The second-order valence-electron chi connectivity index (χ2n) is 6.52. The number of benzene rings is 1. The minimum atomic E-state index is -4.45. The van der Waals surface area contributed by atoms with Crippen molar-refractivity contribution in [2.75, 3.05) is 5.32 Å². The number of halogens is 3. The summed E-state index contributed by atoms with van der Waals surface area (Å²) in [6.07, 6.45) is -1.00. The zero-order valence-electron chi connectivity index (χ0n) is 14.5. The molecule has 6 nitrogen and oxygen atoms in total. The molecule has 0 bridgehead atoms. The van der Waals surface area contributed by atoms with Gasteiger partial charge >= 0.3 is 6.18 Å². The molecule has 0 radical (unpaired) electrons. The minimum absolute atomic E-state index is 0.0152. The average molecular weight is 388 g/mol. The standard InChI is InChI=1S/C19H15F3N4O2/c20-19(21,22)11-4-6-12(7-5-11)23-17(27)15-14-3-1-2-10-26(14)16(25-15)18(28)24-13-8-9-13/h1-7,10,13H,8-9H2,(H,23,27)(H,24,28). The van der Waals surface area contributed by atoms with Crippen molar-refractivity contribution in [1.29, 1.82) is 0 Å². The van der Waals surface area contributed by atoms with Gasteiger partial charge in [-0.25, -0.2) is 4.98 Å². The number of hydrogen-bond donors (Lipinski definition) is 2. The summed E-state index contributed by atoms with van der Waals surface area (Å²) in [4.78, 5) is 29.2. The van der Waals surface area contributed by atoms with Crippen LogP contribution in [0, 0.1) is 0 Å². The molecule has 2 heterocycles. The first-order valence-corrected chi connectivity index (χ1v) is 8.59. The van der Waals surface area contributed by atoms with Gasteiger partial charge in [0.15, 0.2) is 5.69 Å². The first kappa shape index (κ1) is 18.0. The number of nitrogens with one attached hydrogen (secondary N) is 2. The summed E-state index contributed by atoms with van der Waals surface area (Å²) >= 11 is 0. The van der Waals surface area contributed by atoms with Gasteiger partial charge in [0.25, 0.3) is 11.8 Å². The van der Waals surface area contributed by atoms with Gasteiger partial charge in [-0.1, -0.05) is 6.07 Å². The number of pyridine rings is 1. The van der Waals surface area contributed by atoms with Crippen LogP contribution in [0.15, 0.2) is 48.7 Å². The first-order valence-electron chi connectivity index (χ1n) is 8.59. The lowest BCUT2D eigenvalue weighted by Crippen LogP contribution is -2.27. The van der Waals surface area contributed by atoms with Gasteiger partial charge in [-0.2, -0.15) is 13.2 Å². The number of imidazole rings is 1. The van der Waals surface area contributed by atoms with Crippen LogP contribution in [-0.2, 0) is 6.18 Å². The largest absolute Gasteiger partial charge is 0.416 e. The minimum Gasteiger partial charge on any atom is -0.347 e. The molecule has 2 aromatic heterocycles. The number of nitrogens with zero attached hydrogens (tertiary/aromatic N) is 2. The van der Waals surface area contributed by atoms with E-state index in [0.717, 1.165) is 25.0 Å². The quantitative estimate of drug-likeness (QED) is 0.718. The fourth-order valence-electron chi connectivity index (χ4n) is 2.78. The number of carbonyl (C=O) groups is 2. The monoisotopic (exact) mass is 388 g/mol. The molecule has 1 aromatic carbocycles. The third kappa shape index (κ3) is 3.55. The molecule has 0 spiro atoms. The molecule has 4 rings (SSSR count). The van der Waals surface area contributed by atoms with Gasteiger partial charge in [0.2, 0.25) is 5.82 Å². The molecule has 0 saturated heterocycles. The highest BCUT2D eigenvalue weighted by Gasteiger charge is 2.30. The zero-order chi connectivity index (χ0) is 19.9. The number of rotatable bonds is 4. The zero-order valence-corrected chi connectivity index (χ0v) is 14.5. The maximum Gasteiger partial charge on any atom is 0.416 e. The van der Waals surface area contributed by atoms with Crippen molar-refractivity contribution in [3.8, 4) is 0 Å². The lowest BCUT2D eigenvalue weighted by atomic mass is 10.2. The van der Waals surface area contributed by atoms with Crippen molar-refractivity contribution in [1.82, 2.24) is 14.7 Å². The van der Waals surface area contributed by atoms with Gasteiger partial charge < -0.3 is 10.6 Å². The number of aromatic nitrogens is 2. The number of anilines is 1. The smallest absolute Gasteiger partial charge is 0.347 e. The Kier molecular flexibility index (Phi) is 4.29. The van der Waals surface area contributed by atoms with E-state index < -0.39 is 17.6 Å². The van der Waals surface area contributed by atoms with Gasteiger partial charge in [0.1, 0.15) is 0 Å². The first-order chi connectivity index (χ1) is 13.3. The Morgan fingerprint density at radius 2 is 1.75 bits per heavy atom. The average Bonchev–Trinajstić information content (AvgIpc) is 3.38. The molecule has 28 heavy (non-hydrogen) atoms. The molecule has 144 valence electrons. The third-order valence-corrected chi connectivity index (χ3v) is 4.35. The molecule has 1 fully saturated rings. The number of amides is 2. The van der Waals surface area contributed by atoms with Crippen molar-refractivity contribution in [2.24, 2.45) is 0 Å². The molecule has 2 amide bonds. The molecule has 1 aliphatic carbocycles. The van der Waals surface area contributed by atoms with E-state index in [1.807, 2.05) is 0 Å². The summed E-state index contributed by atoms with van der Waals surface area (Å²) in [5, 5.41) is 5.34. The highest BCUT2D eigenvalue weighted by atomic mass is 19.4. The Labute approximate surface area is 157 Å². The summed E-state index contributed by atoms with van der Waals surface area (Å²) in [5.74, 6) is -0.911. The lowest BCUT2D eigenvalue weighted by Gasteiger charge is -2.08. The lowest BCUT2D eigenvalue weighted by molar-refractivity contribution is -0.137. The van der Waals surface area contributed by atoms with Gasteiger partial charge in [-0.15, -0.1) is 0 Å². The molecule has 0 atom stereocenters. The van der Waals surface area contributed by atoms with E-state index in [9.17, 15) is 22.8 Å². The fraction of sp³-hybridized carbons (Fsp3) is 0.211. The predicted octanol–water partition coefficient (Wildman–Crippen LogP) is 3.50. The SMILES string of the molecule is O=C(Nc1ccc(C(F)(F)F)cc1)c1nc(C(=O)NC2CC2)n2ccccc12. The summed E-state index contributed by atoms with van der Waals surface area (Å²) in [5.41, 5.74) is -0.176. The number of hydrogen-bond acceptors (Lipinski definition) is 3. The van der Waals surface area contributed by atoms with Crippen LogP contribution in [0.3, 0.4) is 0 Å². The van der Waals surface area contributed by atoms with Crippen molar-refractivity contribution in [3.05, 3.63) is 65.7 Å². The Bertz CT molecular complexity index is 1050. The van der Waals surface area contributed by atoms with E-state index in [4.69, 9.17) is 0 Å². The van der Waals surface area contributed by atoms with Crippen LogP contribution in [0.2, 0.25) is 0 Å². The van der Waals surface area contributed by atoms with E-state index in [1.165, 1.54) is 16.5 Å². The summed E-state index contributed by atoms with van der Waals surface area (Å²) in [6, 6.07) is 9.29. The van der Waals surface area contributed by atoms with Crippen molar-refractivity contribution >= 4 is 23.0 Å². The van der Waals surface area contributed by atoms with Gasteiger partial charge in [-0.05, 0) is 49.2 Å². The maximum absolute atomic E-state index is 12.7. The van der Waals surface area contributed by atoms with Crippen LogP contribution >= 0.6 is 0 Å².